The van der Waals surface area contributed by atoms with Crippen molar-refractivity contribution in [3.8, 4) is 0 Å². The van der Waals surface area contributed by atoms with Crippen LogP contribution in [0.15, 0.2) is 0 Å². The fourth-order valence-corrected chi connectivity index (χ4v) is 2.57. The third-order valence-corrected chi connectivity index (χ3v) is 4.38. The van der Waals surface area contributed by atoms with Crippen LogP contribution in [-0.2, 0) is 20.4 Å². The molecule has 1 saturated heterocycles. The molecule has 1 aliphatic rings. The first-order valence-electron chi connectivity index (χ1n) is 6.25. The van der Waals surface area contributed by atoms with E-state index >= 15 is 0 Å². The zero-order chi connectivity index (χ0) is 13.9. The van der Waals surface area contributed by atoms with E-state index in [0.717, 1.165) is 0 Å². The summed E-state index contributed by atoms with van der Waals surface area (Å²) in [5, 5.41) is 2.78. The summed E-state index contributed by atoms with van der Waals surface area (Å²) in [6, 6.07) is -0.442. The normalized spacial score (nSPS) is 30.2. The molecule has 1 fully saturated rings. The maximum atomic E-state index is 12.3. The molecule has 6 heteroatoms. The first-order chi connectivity index (χ1) is 8.31. The van der Waals surface area contributed by atoms with Crippen LogP contribution in [0.25, 0.3) is 0 Å². The standard InChI is InChI=1S/C12H22N2O3S/c1-5-12(3)11(16)14(7-6-8-18(4)17)9(2)10(15)13-12/h9H,5-8H2,1-4H3,(H,13,15). The second-order valence-electron chi connectivity index (χ2n) is 4.98. The third-order valence-electron chi connectivity index (χ3n) is 3.52. The number of piperazine rings is 1. The highest BCUT2D eigenvalue weighted by Gasteiger charge is 2.44. The van der Waals surface area contributed by atoms with E-state index in [-0.39, 0.29) is 11.8 Å². The number of rotatable bonds is 5. The molecule has 5 nitrogen and oxygen atoms in total. The summed E-state index contributed by atoms with van der Waals surface area (Å²) in [5.74, 6) is 0.400. The predicted octanol–water partition coefficient (Wildman–Crippen LogP) is 0.271. The van der Waals surface area contributed by atoms with E-state index in [1.54, 1.807) is 25.0 Å². The average molecular weight is 274 g/mol. The molecule has 0 spiro atoms. The van der Waals surface area contributed by atoms with Gasteiger partial charge in [0.1, 0.15) is 11.6 Å². The van der Waals surface area contributed by atoms with Crippen molar-refractivity contribution < 1.29 is 13.8 Å². The van der Waals surface area contributed by atoms with Crippen LogP contribution in [-0.4, -0.2) is 51.1 Å². The highest BCUT2D eigenvalue weighted by Crippen LogP contribution is 2.21. The van der Waals surface area contributed by atoms with Crippen molar-refractivity contribution >= 4 is 22.6 Å². The number of carbonyl (C=O) groups is 2. The van der Waals surface area contributed by atoms with Crippen molar-refractivity contribution in [2.45, 2.75) is 45.2 Å². The molecule has 1 N–H and O–H groups in total. The lowest BCUT2D eigenvalue weighted by molar-refractivity contribution is -0.153. The van der Waals surface area contributed by atoms with Gasteiger partial charge in [-0.25, -0.2) is 0 Å². The monoisotopic (exact) mass is 274 g/mol. The van der Waals surface area contributed by atoms with Gasteiger partial charge in [0.05, 0.1) is 0 Å². The van der Waals surface area contributed by atoms with Crippen LogP contribution in [0.2, 0.25) is 0 Å². The van der Waals surface area contributed by atoms with Gasteiger partial charge in [-0.1, -0.05) is 6.92 Å². The van der Waals surface area contributed by atoms with Crippen LogP contribution in [0.3, 0.4) is 0 Å². The molecule has 0 radical (unpaired) electrons. The highest BCUT2D eigenvalue weighted by atomic mass is 32.2. The molecule has 18 heavy (non-hydrogen) atoms. The quantitative estimate of drug-likeness (QED) is 0.782. The van der Waals surface area contributed by atoms with Crippen molar-refractivity contribution in [1.82, 2.24) is 10.2 Å². The van der Waals surface area contributed by atoms with Crippen molar-refractivity contribution in [3.05, 3.63) is 0 Å². The number of carbonyl (C=O) groups excluding carboxylic acids is 2. The van der Waals surface area contributed by atoms with Crippen LogP contribution in [0.4, 0.5) is 0 Å². The molecule has 1 rings (SSSR count). The smallest absolute Gasteiger partial charge is 0.248 e. The summed E-state index contributed by atoms with van der Waals surface area (Å²) in [6.07, 6.45) is 2.87. The Morgan fingerprint density at radius 2 is 2.06 bits per heavy atom. The Labute approximate surface area is 111 Å². The number of nitrogens with zero attached hydrogens (tertiary/aromatic N) is 1. The van der Waals surface area contributed by atoms with Gasteiger partial charge in [-0.05, 0) is 26.7 Å². The minimum Gasteiger partial charge on any atom is -0.340 e. The van der Waals surface area contributed by atoms with E-state index in [0.29, 0.717) is 25.1 Å². The van der Waals surface area contributed by atoms with Gasteiger partial charge >= 0.3 is 0 Å². The van der Waals surface area contributed by atoms with E-state index in [2.05, 4.69) is 5.32 Å². The lowest BCUT2D eigenvalue weighted by Gasteiger charge is -2.43. The lowest BCUT2D eigenvalue weighted by Crippen LogP contribution is -2.68. The number of nitrogens with one attached hydrogen (secondary N) is 1. The van der Waals surface area contributed by atoms with Crippen LogP contribution in [0, 0.1) is 0 Å². The van der Waals surface area contributed by atoms with E-state index < -0.39 is 22.4 Å². The van der Waals surface area contributed by atoms with Gasteiger partial charge < -0.3 is 10.2 Å². The zero-order valence-corrected chi connectivity index (χ0v) is 12.3. The van der Waals surface area contributed by atoms with Gasteiger partial charge in [0.2, 0.25) is 11.8 Å². The molecule has 0 bridgehead atoms. The Kier molecular flexibility index (Phi) is 4.90. The zero-order valence-electron chi connectivity index (χ0n) is 11.5. The molecule has 1 heterocycles. The van der Waals surface area contributed by atoms with Gasteiger partial charge in [0, 0.05) is 29.4 Å². The Bertz CT molecular complexity index is 372. The Balaban J connectivity index is 2.76. The fourth-order valence-electron chi connectivity index (χ4n) is 2.04. The molecule has 0 aromatic rings. The van der Waals surface area contributed by atoms with Crippen LogP contribution < -0.4 is 5.32 Å². The summed E-state index contributed by atoms with van der Waals surface area (Å²) in [4.78, 5) is 25.8. The molecule has 3 unspecified atom stereocenters. The molecule has 0 aliphatic carbocycles. The second kappa shape index (κ2) is 5.82. The molecule has 0 aromatic heterocycles. The van der Waals surface area contributed by atoms with Crippen LogP contribution >= 0.6 is 0 Å². The lowest BCUT2D eigenvalue weighted by atomic mass is 9.92. The van der Waals surface area contributed by atoms with Gasteiger partial charge in [0.15, 0.2) is 0 Å². The predicted molar refractivity (Wildman–Crippen MR) is 71.6 cm³/mol. The number of hydrogen-bond acceptors (Lipinski definition) is 3. The summed E-state index contributed by atoms with van der Waals surface area (Å²) in [5.41, 5.74) is -0.797. The topological polar surface area (TPSA) is 66.5 Å². The molecule has 2 amide bonds. The van der Waals surface area contributed by atoms with Crippen LogP contribution in [0.5, 0.6) is 0 Å². The van der Waals surface area contributed by atoms with Crippen LogP contribution in [0.1, 0.15) is 33.6 Å². The summed E-state index contributed by atoms with van der Waals surface area (Å²) in [6.45, 7) is 5.85. The highest BCUT2D eigenvalue weighted by molar-refractivity contribution is 7.84. The molecular formula is C12H22N2O3S. The summed E-state index contributed by atoms with van der Waals surface area (Å²) >= 11 is 0. The Hall–Kier alpha value is -0.910. The minimum absolute atomic E-state index is 0.0426. The van der Waals surface area contributed by atoms with Gasteiger partial charge in [-0.2, -0.15) is 0 Å². The SMILES string of the molecule is CCC1(C)NC(=O)C(C)N(CCCS(C)=O)C1=O. The Morgan fingerprint density at radius 1 is 1.44 bits per heavy atom. The molecule has 3 atom stereocenters. The molecule has 0 saturated carbocycles. The number of hydrogen-bond donors (Lipinski definition) is 1. The Morgan fingerprint density at radius 3 is 2.56 bits per heavy atom. The molecule has 104 valence electrons. The largest absolute Gasteiger partial charge is 0.340 e. The fraction of sp³-hybridized carbons (Fsp3) is 0.833. The third kappa shape index (κ3) is 3.10. The summed E-state index contributed by atoms with van der Waals surface area (Å²) < 4.78 is 11.0. The minimum atomic E-state index is -0.861. The van der Waals surface area contributed by atoms with Crippen molar-refractivity contribution in [2.75, 3.05) is 18.6 Å². The average Bonchev–Trinajstić information content (AvgIpc) is 2.31. The molecule has 0 aromatic carbocycles. The maximum absolute atomic E-state index is 12.3. The molecule has 1 aliphatic heterocycles. The van der Waals surface area contributed by atoms with Crippen molar-refractivity contribution in [2.24, 2.45) is 0 Å². The second-order valence-corrected chi connectivity index (χ2v) is 6.53. The van der Waals surface area contributed by atoms with Crippen molar-refractivity contribution in [1.29, 1.82) is 0 Å². The van der Waals surface area contributed by atoms with E-state index in [9.17, 15) is 13.8 Å². The van der Waals surface area contributed by atoms with E-state index in [4.69, 9.17) is 0 Å². The van der Waals surface area contributed by atoms with E-state index in [1.807, 2.05) is 6.92 Å². The van der Waals surface area contributed by atoms with Gasteiger partial charge in [-0.3, -0.25) is 13.8 Å². The van der Waals surface area contributed by atoms with Gasteiger partial charge in [0.25, 0.3) is 0 Å². The number of amides is 2. The first-order valence-corrected chi connectivity index (χ1v) is 7.97. The molecular weight excluding hydrogens is 252 g/mol. The van der Waals surface area contributed by atoms with Crippen molar-refractivity contribution in [3.63, 3.8) is 0 Å². The maximum Gasteiger partial charge on any atom is 0.248 e. The first kappa shape index (κ1) is 15.1. The summed E-state index contributed by atoms with van der Waals surface area (Å²) in [7, 11) is -0.861. The van der Waals surface area contributed by atoms with Gasteiger partial charge in [-0.15, -0.1) is 0 Å². The van der Waals surface area contributed by atoms with E-state index in [1.165, 1.54) is 0 Å².